The number of aliphatic hydroxyl groups excluding tert-OH is 1. The van der Waals surface area contributed by atoms with Gasteiger partial charge in [0.15, 0.2) is 0 Å². The number of halogens is 2. The zero-order valence-corrected chi connectivity index (χ0v) is 9.67. The first-order valence-corrected chi connectivity index (χ1v) is 5.39. The second kappa shape index (κ2) is 7.50. The summed E-state index contributed by atoms with van der Waals surface area (Å²) in [5, 5.41) is 8.71. The second-order valence-corrected chi connectivity index (χ2v) is 3.52. The molecule has 0 aliphatic carbocycles. The van der Waals surface area contributed by atoms with Crippen LogP contribution in [0.15, 0.2) is 30.6 Å². The summed E-state index contributed by atoms with van der Waals surface area (Å²) in [5.74, 6) is -0.562. The van der Waals surface area contributed by atoms with E-state index in [1.54, 1.807) is 24.5 Å². The van der Waals surface area contributed by atoms with Crippen molar-refractivity contribution in [1.29, 1.82) is 0 Å². The Balaban J connectivity index is 2.63. The van der Waals surface area contributed by atoms with Crippen LogP contribution in [0, 0.1) is 0 Å². The number of aromatic nitrogens is 1. The van der Waals surface area contributed by atoms with Crippen molar-refractivity contribution in [2.45, 2.75) is 6.43 Å². The number of rotatable bonds is 6. The van der Waals surface area contributed by atoms with Crippen LogP contribution in [0.3, 0.4) is 0 Å². The van der Waals surface area contributed by atoms with Gasteiger partial charge >= 0.3 is 0 Å². The Hall–Kier alpha value is -1.82. The van der Waals surface area contributed by atoms with E-state index in [0.29, 0.717) is 5.56 Å². The number of carbonyl (C=O) groups is 1. The Morgan fingerprint density at radius 3 is 2.89 bits per heavy atom. The smallest absolute Gasteiger partial charge is 0.255 e. The Labute approximate surface area is 104 Å². The predicted octanol–water partition coefficient (Wildman–Crippen LogP) is 1.18. The molecule has 1 aromatic rings. The van der Waals surface area contributed by atoms with Crippen molar-refractivity contribution in [3.8, 4) is 0 Å². The lowest BCUT2D eigenvalue weighted by Crippen LogP contribution is -2.36. The zero-order valence-electron chi connectivity index (χ0n) is 9.67. The van der Waals surface area contributed by atoms with E-state index in [9.17, 15) is 13.6 Å². The van der Waals surface area contributed by atoms with E-state index in [1.807, 2.05) is 0 Å². The number of nitrogens with zero attached hydrogens (tertiary/aromatic N) is 2. The largest absolute Gasteiger partial charge is 0.395 e. The highest BCUT2D eigenvalue weighted by Gasteiger charge is 2.15. The van der Waals surface area contributed by atoms with Crippen LogP contribution in [0.5, 0.6) is 0 Å². The summed E-state index contributed by atoms with van der Waals surface area (Å²) >= 11 is 0. The lowest BCUT2D eigenvalue weighted by molar-refractivity contribution is -0.128. The molecular formula is C12H14F2N2O2. The van der Waals surface area contributed by atoms with Crippen LogP contribution < -0.4 is 0 Å². The predicted molar refractivity (Wildman–Crippen MR) is 62.9 cm³/mol. The minimum absolute atomic E-state index is 0.111. The summed E-state index contributed by atoms with van der Waals surface area (Å²) in [7, 11) is 0. The molecule has 1 aromatic heterocycles. The third-order valence-corrected chi connectivity index (χ3v) is 2.14. The van der Waals surface area contributed by atoms with E-state index in [2.05, 4.69) is 4.98 Å². The van der Waals surface area contributed by atoms with Gasteiger partial charge in [0.2, 0.25) is 5.91 Å². The van der Waals surface area contributed by atoms with Gasteiger partial charge < -0.3 is 10.0 Å². The average molecular weight is 256 g/mol. The molecule has 1 N–H and O–H groups in total. The number of carbonyl (C=O) groups excluding carboxylic acids is 1. The highest BCUT2D eigenvalue weighted by molar-refractivity contribution is 5.91. The van der Waals surface area contributed by atoms with Crippen LogP contribution in [-0.4, -0.2) is 47.0 Å². The average Bonchev–Trinajstić information content (AvgIpc) is 2.36. The van der Waals surface area contributed by atoms with Gasteiger partial charge in [0.25, 0.3) is 6.43 Å². The maximum absolute atomic E-state index is 12.2. The normalized spacial score (nSPS) is 11.1. The SMILES string of the molecule is O=C(/C=C/c1cccnc1)N(CCO)CC(F)F. The van der Waals surface area contributed by atoms with Crippen LogP contribution in [0.4, 0.5) is 8.78 Å². The molecule has 98 valence electrons. The summed E-state index contributed by atoms with van der Waals surface area (Å²) in [4.78, 5) is 16.4. The minimum Gasteiger partial charge on any atom is -0.395 e. The van der Waals surface area contributed by atoms with Gasteiger partial charge in [0.1, 0.15) is 0 Å². The molecular weight excluding hydrogens is 242 g/mol. The van der Waals surface area contributed by atoms with E-state index >= 15 is 0 Å². The minimum atomic E-state index is -2.62. The first-order valence-electron chi connectivity index (χ1n) is 5.39. The van der Waals surface area contributed by atoms with Gasteiger partial charge in [-0.3, -0.25) is 9.78 Å². The molecule has 0 aliphatic heterocycles. The molecule has 0 spiro atoms. The van der Waals surface area contributed by atoms with Crippen molar-refractivity contribution in [3.05, 3.63) is 36.2 Å². The van der Waals surface area contributed by atoms with Gasteiger partial charge in [-0.25, -0.2) is 8.78 Å². The fraction of sp³-hybridized carbons (Fsp3) is 0.333. The Morgan fingerprint density at radius 2 is 2.33 bits per heavy atom. The third-order valence-electron chi connectivity index (χ3n) is 2.14. The lowest BCUT2D eigenvalue weighted by Gasteiger charge is -2.19. The maximum Gasteiger partial charge on any atom is 0.255 e. The molecule has 1 heterocycles. The van der Waals surface area contributed by atoms with Gasteiger partial charge in [-0.1, -0.05) is 6.07 Å². The van der Waals surface area contributed by atoms with E-state index in [1.165, 1.54) is 12.2 Å². The van der Waals surface area contributed by atoms with E-state index < -0.39 is 18.9 Å². The summed E-state index contributed by atoms with van der Waals surface area (Å²) in [6.07, 6.45) is 3.20. The fourth-order valence-electron chi connectivity index (χ4n) is 1.33. The molecule has 0 saturated heterocycles. The monoisotopic (exact) mass is 256 g/mol. The first-order chi connectivity index (χ1) is 8.63. The first kappa shape index (κ1) is 14.2. The number of amides is 1. The molecule has 0 saturated carbocycles. The molecule has 0 atom stereocenters. The molecule has 4 nitrogen and oxygen atoms in total. The van der Waals surface area contributed by atoms with Gasteiger partial charge in [-0.05, 0) is 17.7 Å². The Bertz CT molecular complexity index is 396. The highest BCUT2D eigenvalue weighted by Crippen LogP contribution is 2.03. The zero-order chi connectivity index (χ0) is 13.4. The number of hydrogen-bond acceptors (Lipinski definition) is 3. The topological polar surface area (TPSA) is 53.4 Å². The lowest BCUT2D eigenvalue weighted by atomic mass is 10.2. The van der Waals surface area contributed by atoms with Crippen LogP contribution in [0.1, 0.15) is 5.56 Å². The van der Waals surface area contributed by atoms with Crippen molar-refractivity contribution in [2.24, 2.45) is 0 Å². The Morgan fingerprint density at radius 1 is 1.56 bits per heavy atom. The number of alkyl halides is 2. The summed E-state index contributed by atoms with van der Waals surface area (Å²) in [6, 6.07) is 3.44. The van der Waals surface area contributed by atoms with E-state index in [-0.39, 0.29) is 13.2 Å². The van der Waals surface area contributed by atoms with Crippen molar-refractivity contribution >= 4 is 12.0 Å². The second-order valence-electron chi connectivity index (χ2n) is 3.52. The van der Waals surface area contributed by atoms with Crippen molar-refractivity contribution in [1.82, 2.24) is 9.88 Å². The molecule has 0 bridgehead atoms. The molecule has 6 heteroatoms. The summed E-state index contributed by atoms with van der Waals surface area (Å²) in [6.45, 7) is -1.14. The van der Waals surface area contributed by atoms with Crippen LogP contribution >= 0.6 is 0 Å². The van der Waals surface area contributed by atoms with Gasteiger partial charge in [0.05, 0.1) is 13.2 Å². The van der Waals surface area contributed by atoms with Crippen molar-refractivity contribution in [2.75, 3.05) is 19.7 Å². The van der Waals surface area contributed by atoms with E-state index in [4.69, 9.17) is 5.11 Å². The van der Waals surface area contributed by atoms with E-state index in [0.717, 1.165) is 4.90 Å². The standard InChI is InChI=1S/C12H14F2N2O2/c13-11(14)9-16(6-7-17)12(18)4-3-10-2-1-5-15-8-10/h1-5,8,11,17H,6-7,9H2/b4-3+. The molecule has 0 unspecified atom stereocenters. The molecule has 0 aliphatic rings. The molecule has 1 amide bonds. The fourth-order valence-corrected chi connectivity index (χ4v) is 1.33. The number of pyridine rings is 1. The van der Waals surface area contributed by atoms with Crippen LogP contribution in [0.2, 0.25) is 0 Å². The number of aliphatic hydroxyl groups is 1. The third kappa shape index (κ3) is 5.01. The Kier molecular flexibility index (Phi) is 5.93. The number of hydrogen-bond donors (Lipinski definition) is 1. The molecule has 0 fully saturated rings. The van der Waals surface area contributed by atoms with Crippen molar-refractivity contribution < 1.29 is 18.7 Å². The van der Waals surface area contributed by atoms with Gasteiger partial charge in [0, 0.05) is 25.0 Å². The maximum atomic E-state index is 12.2. The quantitative estimate of drug-likeness (QED) is 0.778. The summed E-state index contributed by atoms with van der Waals surface area (Å²) < 4.78 is 24.4. The molecule has 0 aromatic carbocycles. The van der Waals surface area contributed by atoms with Crippen LogP contribution in [0.25, 0.3) is 6.08 Å². The molecule has 18 heavy (non-hydrogen) atoms. The molecule has 0 radical (unpaired) electrons. The highest BCUT2D eigenvalue weighted by atomic mass is 19.3. The van der Waals surface area contributed by atoms with Gasteiger partial charge in [-0.2, -0.15) is 0 Å². The van der Waals surface area contributed by atoms with Crippen molar-refractivity contribution in [3.63, 3.8) is 0 Å². The molecule has 1 rings (SSSR count). The van der Waals surface area contributed by atoms with Gasteiger partial charge in [-0.15, -0.1) is 0 Å². The van der Waals surface area contributed by atoms with Crippen LogP contribution in [-0.2, 0) is 4.79 Å². The summed E-state index contributed by atoms with van der Waals surface area (Å²) in [5.41, 5.74) is 0.701.